The molecule has 1 unspecified atom stereocenters. The van der Waals surface area contributed by atoms with Gasteiger partial charge < -0.3 is 11.1 Å². The number of nitrogens with two attached hydrogens (primary N) is 1. The smallest absolute Gasteiger partial charge is 0.241 e. The third-order valence-corrected chi connectivity index (χ3v) is 5.62. The summed E-state index contributed by atoms with van der Waals surface area (Å²) in [6, 6.07) is 16.8. The minimum Gasteiger partial charge on any atom is -0.325 e. The second-order valence-electron chi connectivity index (χ2n) is 5.79. The Balaban J connectivity index is 1.92. The molecule has 0 fully saturated rings. The molecule has 6 heteroatoms. The highest BCUT2D eigenvalue weighted by atomic mass is 32.2. The first-order chi connectivity index (χ1) is 12.1. The molecule has 0 bridgehead atoms. The fourth-order valence-corrected chi connectivity index (χ4v) is 4.05. The molecule has 0 aliphatic heterocycles. The van der Waals surface area contributed by atoms with Gasteiger partial charge in [0.05, 0.1) is 6.04 Å². The van der Waals surface area contributed by atoms with Gasteiger partial charge in [-0.15, -0.1) is 0 Å². The van der Waals surface area contributed by atoms with E-state index >= 15 is 0 Å². The molecule has 0 spiro atoms. The molecule has 0 heterocycles. The van der Waals surface area contributed by atoms with Gasteiger partial charge >= 0.3 is 0 Å². The summed E-state index contributed by atoms with van der Waals surface area (Å²) in [5.74, 6) is 1.65. The molecular formula is C19H24N2O2S2. The molecule has 1 amide bonds. The summed E-state index contributed by atoms with van der Waals surface area (Å²) in [4.78, 5) is 12.1. The normalized spacial score (nSPS) is 13.2. The van der Waals surface area contributed by atoms with E-state index in [2.05, 4.69) is 5.32 Å². The predicted molar refractivity (Wildman–Crippen MR) is 108 cm³/mol. The maximum absolute atomic E-state index is 12.3. The van der Waals surface area contributed by atoms with E-state index in [0.717, 1.165) is 16.9 Å². The first-order valence-electron chi connectivity index (χ1n) is 8.11. The Kier molecular flexibility index (Phi) is 8.18. The zero-order valence-electron chi connectivity index (χ0n) is 14.3. The molecule has 4 nitrogen and oxygen atoms in total. The average molecular weight is 377 g/mol. The van der Waals surface area contributed by atoms with Crippen LogP contribution in [0.25, 0.3) is 0 Å². The summed E-state index contributed by atoms with van der Waals surface area (Å²) in [7, 11) is -0.996. The Morgan fingerprint density at radius 2 is 1.80 bits per heavy atom. The molecule has 0 saturated carbocycles. The number of hydrogen-bond donors (Lipinski definition) is 2. The topological polar surface area (TPSA) is 72.2 Å². The minimum atomic E-state index is -0.996. The van der Waals surface area contributed by atoms with Crippen LogP contribution in [0.3, 0.4) is 0 Å². The summed E-state index contributed by atoms with van der Waals surface area (Å²) in [5.41, 5.74) is 8.57. The lowest BCUT2D eigenvalue weighted by Crippen LogP contribution is -2.36. The second-order valence-corrected chi connectivity index (χ2v) is 8.23. The molecule has 3 N–H and O–H groups in total. The molecule has 0 saturated heterocycles. The number of thioether (sulfide) groups is 1. The number of hydrogen-bond acceptors (Lipinski definition) is 4. The Labute approximate surface area is 156 Å². The fraction of sp³-hybridized carbons (Fsp3) is 0.316. The van der Waals surface area contributed by atoms with Gasteiger partial charge in [0, 0.05) is 28.0 Å². The lowest BCUT2D eigenvalue weighted by atomic mass is 10.2. The van der Waals surface area contributed by atoms with Gasteiger partial charge in [0.15, 0.2) is 0 Å². The molecular weight excluding hydrogens is 352 g/mol. The monoisotopic (exact) mass is 376 g/mol. The van der Waals surface area contributed by atoms with Crippen molar-refractivity contribution in [3.8, 4) is 0 Å². The Morgan fingerprint density at radius 3 is 2.52 bits per heavy atom. The zero-order valence-corrected chi connectivity index (χ0v) is 15.9. The van der Waals surface area contributed by atoms with Gasteiger partial charge in [-0.05, 0) is 41.7 Å². The highest BCUT2D eigenvalue weighted by Crippen LogP contribution is 2.15. The number of nitrogens with one attached hydrogen (secondary N) is 1. The molecule has 25 heavy (non-hydrogen) atoms. The summed E-state index contributed by atoms with van der Waals surface area (Å²) >= 11 is 1.67. The molecule has 134 valence electrons. The zero-order chi connectivity index (χ0) is 18.1. The summed E-state index contributed by atoms with van der Waals surface area (Å²) in [6.45, 7) is 0. The van der Waals surface area contributed by atoms with E-state index in [0.29, 0.717) is 23.6 Å². The van der Waals surface area contributed by atoms with Crippen molar-refractivity contribution in [3.05, 3.63) is 65.7 Å². The molecule has 2 rings (SSSR count). The molecule has 2 atom stereocenters. The van der Waals surface area contributed by atoms with Crippen molar-refractivity contribution in [2.45, 2.75) is 24.0 Å². The molecule has 0 aliphatic rings. The third-order valence-electron chi connectivity index (χ3n) is 3.66. The van der Waals surface area contributed by atoms with Crippen molar-refractivity contribution in [2.24, 2.45) is 5.73 Å². The van der Waals surface area contributed by atoms with E-state index in [-0.39, 0.29) is 5.91 Å². The van der Waals surface area contributed by atoms with Crippen LogP contribution in [-0.2, 0) is 27.1 Å². The Morgan fingerprint density at radius 1 is 1.12 bits per heavy atom. The van der Waals surface area contributed by atoms with Crippen LogP contribution in [-0.4, -0.2) is 28.2 Å². The highest BCUT2D eigenvalue weighted by Gasteiger charge is 2.13. The van der Waals surface area contributed by atoms with E-state index in [1.54, 1.807) is 11.8 Å². The van der Waals surface area contributed by atoms with E-state index in [9.17, 15) is 9.00 Å². The number of rotatable bonds is 9. The fourth-order valence-electron chi connectivity index (χ4n) is 2.35. The van der Waals surface area contributed by atoms with Crippen LogP contribution in [0.4, 0.5) is 5.69 Å². The maximum atomic E-state index is 12.3. The SMILES string of the molecule is CSCC[C@H](N)C(=O)Nc1cccc(CS(=O)Cc2ccccc2)c1. The van der Waals surface area contributed by atoms with Crippen molar-refractivity contribution < 1.29 is 9.00 Å². The van der Waals surface area contributed by atoms with Crippen LogP contribution in [0, 0.1) is 0 Å². The van der Waals surface area contributed by atoms with Crippen LogP contribution in [0.15, 0.2) is 54.6 Å². The quantitative estimate of drug-likeness (QED) is 0.705. The summed E-state index contributed by atoms with van der Waals surface area (Å²) in [5, 5.41) is 2.84. The van der Waals surface area contributed by atoms with Crippen molar-refractivity contribution in [1.29, 1.82) is 0 Å². The first kappa shape index (κ1) is 19.7. The van der Waals surface area contributed by atoms with E-state index in [1.807, 2.05) is 60.9 Å². The van der Waals surface area contributed by atoms with Crippen LogP contribution in [0.2, 0.25) is 0 Å². The average Bonchev–Trinajstić information content (AvgIpc) is 2.60. The molecule has 2 aromatic rings. The van der Waals surface area contributed by atoms with Crippen LogP contribution < -0.4 is 11.1 Å². The van der Waals surface area contributed by atoms with E-state index in [1.165, 1.54) is 0 Å². The van der Waals surface area contributed by atoms with Gasteiger partial charge in [0.1, 0.15) is 0 Å². The Bertz CT molecular complexity index is 708. The van der Waals surface area contributed by atoms with Crippen molar-refractivity contribution >= 4 is 34.2 Å². The maximum Gasteiger partial charge on any atom is 0.241 e. The number of amides is 1. The van der Waals surface area contributed by atoms with Gasteiger partial charge in [0.25, 0.3) is 0 Å². The van der Waals surface area contributed by atoms with E-state index < -0.39 is 16.8 Å². The van der Waals surface area contributed by atoms with Gasteiger partial charge in [-0.1, -0.05) is 42.5 Å². The van der Waals surface area contributed by atoms with Gasteiger partial charge in [0.2, 0.25) is 5.91 Å². The molecule has 0 aromatic heterocycles. The second kappa shape index (κ2) is 10.4. The summed E-state index contributed by atoms with van der Waals surface area (Å²) < 4.78 is 12.3. The molecule has 0 aliphatic carbocycles. The van der Waals surface area contributed by atoms with Crippen LogP contribution in [0.1, 0.15) is 17.5 Å². The number of carbonyl (C=O) groups is 1. The highest BCUT2D eigenvalue weighted by molar-refractivity contribution is 7.98. The van der Waals surface area contributed by atoms with Crippen molar-refractivity contribution in [3.63, 3.8) is 0 Å². The largest absolute Gasteiger partial charge is 0.325 e. The number of carbonyl (C=O) groups excluding carboxylic acids is 1. The standard InChI is InChI=1S/C19H24N2O2S2/c1-24-11-10-18(20)19(22)21-17-9-5-8-16(12-17)14-25(23)13-15-6-3-2-4-7-15/h2-9,12,18H,10-11,13-14,20H2,1H3,(H,21,22)/t18-,25?/m0/s1. The van der Waals surface area contributed by atoms with E-state index in [4.69, 9.17) is 5.73 Å². The number of anilines is 1. The first-order valence-corrected chi connectivity index (χ1v) is 11.0. The van der Waals surface area contributed by atoms with Crippen molar-refractivity contribution in [2.75, 3.05) is 17.3 Å². The summed E-state index contributed by atoms with van der Waals surface area (Å²) in [6.07, 6.45) is 2.64. The molecule has 0 radical (unpaired) electrons. The Hall–Kier alpha value is -1.63. The van der Waals surface area contributed by atoms with Gasteiger partial charge in [-0.3, -0.25) is 9.00 Å². The van der Waals surface area contributed by atoms with Crippen LogP contribution >= 0.6 is 11.8 Å². The lowest BCUT2D eigenvalue weighted by Gasteiger charge is -2.12. The lowest BCUT2D eigenvalue weighted by molar-refractivity contribution is -0.117. The van der Waals surface area contributed by atoms with Crippen molar-refractivity contribution in [1.82, 2.24) is 0 Å². The molecule has 2 aromatic carbocycles. The minimum absolute atomic E-state index is 0.184. The third kappa shape index (κ3) is 7.02. The predicted octanol–water partition coefficient (Wildman–Crippen LogP) is 3.15. The number of benzene rings is 2. The van der Waals surface area contributed by atoms with Gasteiger partial charge in [-0.25, -0.2) is 0 Å². The van der Waals surface area contributed by atoms with Crippen LogP contribution in [0.5, 0.6) is 0 Å². The van der Waals surface area contributed by atoms with Gasteiger partial charge in [-0.2, -0.15) is 11.8 Å².